The molecule has 0 saturated heterocycles. The van der Waals surface area contributed by atoms with Gasteiger partial charge >= 0.3 is 0 Å². The summed E-state index contributed by atoms with van der Waals surface area (Å²) < 4.78 is 0. The van der Waals surface area contributed by atoms with Gasteiger partial charge in [-0.1, -0.05) is 38.1 Å². The third-order valence-electron chi connectivity index (χ3n) is 3.87. The van der Waals surface area contributed by atoms with Crippen molar-refractivity contribution in [3.63, 3.8) is 0 Å². The Morgan fingerprint density at radius 3 is 2.39 bits per heavy atom. The van der Waals surface area contributed by atoms with Gasteiger partial charge in [0.25, 0.3) is 0 Å². The van der Waals surface area contributed by atoms with Crippen LogP contribution < -0.4 is 11.1 Å². The van der Waals surface area contributed by atoms with Gasteiger partial charge in [0.05, 0.1) is 0 Å². The number of hydrogen-bond acceptors (Lipinski definition) is 3. The van der Waals surface area contributed by atoms with Crippen molar-refractivity contribution in [3.05, 3.63) is 46.7 Å². The van der Waals surface area contributed by atoms with Crippen LogP contribution in [0.4, 0.5) is 0 Å². The van der Waals surface area contributed by atoms with E-state index in [9.17, 15) is 9.59 Å². The highest BCUT2D eigenvalue weighted by atomic mass is 32.1. The van der Waals surface area contributed by atoms with E-state index in [1.165, 1.54) is 16.7 Å². The largest absolute Gasteiger partial charge is 0.370 e. The summed E-state index contributed by atoms with van der Waals surface area (Å²) in [6.45, 7) is 4.32. The molecule has 0 aliphatic rings. The minimum atomic E-state index is -0.454. The monoisotopic (exact) mass is 330 g/mol. The summed E-state index contributed by atoms with van der Waals surface area (Å²) in [7, 11) is 0. The molecule has 5 heteroatoms. The lowest BCUT2D eigenvalue weighted by Crippen LogP contribution is -2.34. The smallest absolute Gasteiger partial charge is 0.223 e. The highest BCUT2D eigenvalue weighted by Crippen LogP contribution is 2.24. The van der Waals surface area contributed by atoms with Gasteiger partial charge in [-0.15, -0.1) is 0 Å². The van der Waals surface area contributed by atoms with E-state index < -0.39 is 5.91 Å². The fraction of sp³-hybridized carbons (Fsp3) is 0.333. The van der Waals surface area contributed by atoms with Crippen molar-refractivity contribution in [2.24, 2.45) is 11.7 Å². The van der Waals surface area contributed by atoms with Gasteiger partial charge in [-0.2, -0.15) is 11.3 Å². The minimum absolute atomic E-state index is 0.0789. The van der Waals surface area contributed by atoms with Crippen molar-refractivity contribution < 1.29 is 9.59 Å². The number of carbonyl (C=O) groups is 2. The second-order valence-electron chi connectivity index (χ2n) is 5.85. The molecule has 0 saturated carbocycles. The Balaban J connectivity index is 1.89. The summed E-state index contributed by atoms with van der Waals surface area (Å²) >= 11 is 1.68. The molecule has 4 nitrogen and oxygen atoms in total. The predicted molar refractivity (Wildman–Crippen MR) is 94.2 cm³/mol. The predicted octanol–water partition coefficient (Wildman–Crippen LogP) is 3.15. The first-order valence-electron chi connectivity index (χ1n) is 7.66. The van der Waals surface area contributed by atoms with Crippen molar-refractivity contribution in [2.45, 2.75) is 26.2 Å². The molecule has 2 rings (SSSR count). The van der Waals surface area contributed by atoms with E-state index in [2.05, 4.69) is 53.3 Å². The first-order chi connectivity index (χ1) is 11.0. The first kappa shape index (κ1) is 17.2. The molecule has 1 aromatic carbocycles. The van der Waals surface area contributed by atoms with Gasteiger partial charge in [0, 0.05) is 18.9 Å². The number of benzene rings is 1. The Morgan fingerprint density at radius 2 is 1.83 bits per heavy atom. The van der Waals surface area contributed by atoms with E-state index in [4.69, 9.17) is 5.73 Å². The Labute approximate surface area is 140 Å². The van der Waals surface area contributed by atoms with Crippen LogP contribution in [0.2, 0.25) is 0 Å². The maximum atomic E-state index is 11.9. The van der Waals surface area contributed by atoms with Gasteiger partial charge in [0.2, 0.25) is 11.8 Å². The standard InChI is InChI=1S/C18H22N2O2S/c1-12(9-17(19)21)18(22)20-10-13(2)14-3-5-15(6-4-14)16-7-8-23-11-16/h3-8,11-13H,9-10H2,1-2H3,(H2,19,21)(H,20,22). The van der Waals surface area contributed by atoms with E-state index in [1.54, 1.807) is 18.3 Å². The van der Waals surface area contributed by atoms with Crippen molar-refractivity contribution in [1.82, 2.24) is 5.32 Å². The van der Waals surface area contributed by atoms with Crippen molar-refractivity contribution in [1.29, 1.82) is 0 Å². The average molecular weight is 330 g/mol. The molecule has 0 bridgehead atoms. The van der Waals surface area contributed by atoms with Crippen LogP contribution in [0.3, 0.4) is 0 Å². The number of thiophene rings is 1. The highest BCUT2D eigenvalue weighted by Gasteiger charge is 2.16. The van der Waals surface area contributed by atoms with Gasteiger partial charge in [-0.05, 0) is 39.4 Å². The maximum absolute atomic E-state index is 11.9. The van der Waals surface area contributed by atoms with E-state index >= 15 is 0 Å². The lowest BCUT2D eigenvalue weighted by Gasteiger charge is -2.16. The number of hydrogen-bond donors (Lipinski definition) is 2. The lowest BCUT2D eigenvalue weighted by molar-refractivity contribution is -0.128. The van der Waals surface area contributed by atoms with E-state index in [0.29, 0.717) is 6.54 Å². The molecule has 23 heavy (non-hydrogen) atoms. The van der Waals surface area contributed by atoms with Crippen molar-refractivity contribution >= 4 is 23.2 Å². The summed E-state index contributed by atoms with van der Waals surface area (Å²) in [5, 5.41) is 7.07. The van der Waals surface area contributed by atoms with Crippen LogP contribution in [0, 0.1) is 5.92 Å². The van der Waals surface area contributed by atoms with Crippen LogP contribution in [0.1, 0.15) is 31.7 Å². The summed E-state index contributed by atoms with van der Waals surface area (Å²) in [6.07, 6.45) is 0.0789. The maximum Gasteiger partial charge on any atom is 0.223 e. The molecular formula is C18H22N2O2S. The van der Waals surface area contributed by atoms with Crippen LogP contribution in [0.15, 0.2) is 41.1 Å². The second kappa shape index (κ2) is 7.92. The highest BCUT2D eigenvalue weighted by molar-refractivity contribution is 7.08. The molecule has 0 fully saturated rings. The molecule has 1 aromatic heterocycles. The topological polar surface area (TPSA) is 72.2 Å². The van der Waals surface area contributed by atoms with E-state index in [1.807, 2.05) is 0 Å². The van der Waals surface area contributed by atoms with Gasteiger partial charge in [0.1, 0.15) is 0 Å². The Morgan fingerprint density at radius 1 is 1.13 bits per heavy atom. The lowest BCUT2D eigenvalue weighted by atomic mass is 9.98. The normalized spacial score (nSPS) is 13.3. The summed E-state index contributed by atoms with van der Waals surface area (Å²) in [6, 6.07) is 10.5. The summed E-state index contributed by atoms with van der Waals surface area (Å²) in [5.74, 6) is -0.771. The number of nitrogens with one attached hydrogen (secondary N) is 1. The minimum Gasteiger partial charge on any atom is -0.370 e. The molecule has 122 valence electrons. The van der Waals surface area contributed by atoms with E-state index in [-0.39, 0.29) is 24.2 Å². The van der Waals surface area contributed by atoms with Crippen LogP contribution in [-0.2, 0) is 9.59 Å². The van der Waals surface area contributed by atoms with Crippen molar-refractivity contribution in [2.75, 3.05) is 6.54 Å². The van der Waals surface area contributed by atoms with Crippen molar-refractivity contribution in [3.8, 4) is 11.1 Å². The van der Waals surface area contributed by atoms with Gasteiger partial charge in [0.15, 0.2) is 0 Å². The molecule has 2 atom stereocenters. The molecule has 0 radical (unpaired) electrons. The van der Waals surface area contributed by atoms with Crippen LogP contribution in [0.5, 0.6) is 0 Å². The molecule has 2 aromatic rings. The number of amides is 2. The molecule has 2 amide bonds. The first-order valence-corrected chi connectivity index (χ1v) is 8.60. The Bertz CT molecular complexity index is 650. The Kier molecular flexibility index (Phi) is 5.93. The molecule has 2 unspecified atom stereocenters. The van der Waals surface area contributed by atoms with Crippen LogP contribution in [0.25, 0.3) is 11.1 Å². The molecule has 0 spiro atoms. The number of nitrogens with two attached hydrogens (primary N) is 1. The van der Waals surface area contributed by atoms with E-state index in [0.717, 1.165) is 0 Å². The number of rotatable bonds is 7. The fourth-order valence-corrected chi connectivity index (χ4v) is 3.04. The summed E-state index contributed by atoms with van der Waals surface area (Å²) in [4.78, 5) is 22.8. The quantitative estimate of drug-likeness (QED) is 0.818. The third-order valence-corrected chi connectivity index (χ3v) is 4.55. The molecular weight excluding hydrogens is 308 g/mol. The second-order valence-corrected chi connectivity index (χ2v) is 6.63. The van der Waals surface area contributed by atoms with Crippen LogP contribution in [-0.4, -0.2) is 18.4 Å². The molecule has 0 aliphatic heterocycles. The average Bonchev–Trinajstić information content (AvgIpc) is 3.06. The fourth-order valence-electron chi connectivity index (χ4n) is 2.37. The van der Waals surface area contributed by atoms with Crippen LogP contribution >= 0.6 is 11.3 Å². The molecule has 3 N–H and O–H groups in total. The molecule has 0 aliphatic carbocycles. The summed E-state index contributed by atoms with van der Waals surface area (Å²) in [5.41, 5.74) is 8.71. The zero-order chi connectivity index (χ0) is 16.8. The number of primary amides is 1. The zero-order valence-electron chi connectivity index (χ0n) is 13.4. The SMILES string of the molecule is CC(CC(N)=O)C(=O)NCC(C)c1ccc(-c2ccsc2)cc1. The van der Waals surface area contributed by atoms with Gasteiger partial charge in [-0.25, -0.2) is 0 Å². The molecule has 1 heterocycles. The van der Waals surface area contributed by atoms with Gasteiger partial charge < -0.3 is 11.1 Å². The number of carbonyl (C=O) groups excluding carboxylic acids is 2. The third kappa shape index (κ3) is 4.93. The zero-order valence-corrected chi connectivity index (χ0v) is 14.2. The van der Waals surface area contributed by atoms with Gasteiger partial charge in [-0.3, -0.25) is 9.59 Å². The Hall–Kier alpha value is -2.14.